The summed E-state index contributed by atoms with van der Waals surface area (Å²) in [5.74, 6) is -0.194. The van der Waals surface area contributed by atoms with E-state index in [1.165, 1.54) is 0 Å². The molecule has 12 heteroatoms. The second kappa shape index (κ2) is 8.72. The molecular formula is C16H16Cl6N6. The van der Waals surface area contributed by atoms with Crippen molar-refractivity contribution in [1.82, 2.24) is 19.9 Å². The van der Waals surface area contributed by atoms with Crippen LogP contribution >= 0.6 is 69.6 Å². The van der Waals surface area contributed by atoms with Crippen molar-refractivity contribution in [2.45, 2.75) is 7.59 Å². The predicted octanol–water partition coefficient (Wildman–Crippen LogP) is 5.02. The number of nitrogens with one attached hydrogen (secondary N) is 1. The first-order valence-corrected chi connectivity index (χ1v) is 10.5. The first-order chi connectivity index (χ1) is 13.0. The van der Waals surface area contributed by atoms with Gasteiger partial charge in [0.2, 0.25) is 13.5 Å². The second-order valence-corrected chi connectivity index (χ2v) is 10.8. The highest BCUT2D eigenvalue weighted by molar-refractivity contribution is 6.67. The van der Waals surface area contributed by atoms with Gasteiger partial charge in [0.15, 0.2) is 11.6 Å². The van der Waals surface area contributed by atoms with Crippen LogP contribution < -0.4 is 10.2 Å². The molecule has 0 bridgehead atoms. The summed E-state index contributed by atoms with van der Waals surface area (Å²) < 4.78 is -3.79. The Kier molecular flexibility index (Phi) is 6.92. The van der Waals surface area contributed by atoms with Gasteiger partial charge in [-0.3, -0.25) is 0 Å². The Bertz CT molecular complexity index is 780. The van der Waals surface area contributed by atoms with E-state index in [-0.39, 0.29) is 17.6 Å². The first kappa shape index (κ1) is 22.2. The average molecular weight is 505 g/mol. The Morgan fingerprint density at radius 1 is 0.786 bits per heavy atom. The zero-order chi connectivity index (χ0) is 20.5. The fourth-order valence-electron chi connectivity index (χ4n) is 2.63. The minimum absolute atomic E-state index is 0.102. The van der Waals surface area contributed by atoms with Gasteiger partial charge in [-0.2, -0.15) is 9.97 Å². The van der Waals surface area contributed by atoms with Crippen LogP contribution in [0.2, 0.25) is 0 Å². The molecule has 28 heavy (non-hydrogen) atoms. The topological polar surface area (TPSA) is 57.2 Å². The molecule has 0 amide bonds. The zero-order valence-corrected chi connectivity index (χ0v) is 19.2. The number of anilines is 3. The highest BCUT2D eigenvalue weighted by Gasteiger charge is 2.33. The van der Waals surface area contributed by atoms with Crippen LogP contribution in [0.5, 0.6) is 0 Å². The van der Waals surface area contributed by atoms with Crippen LogP contribution in [-0.4, -0.2) is 53.1 Å². The molecule has 0 spiro atoms. The van der Waals surface area contributed by atoms with Crippen molar-refractivity contribution in [1.29, 1.82) is 0 Å². The average Bonchev–Trinajstić information content (AvgIpc) is 2.61. The van der Waals surface area contributed by atoms with Crippen molar-refractivity contribution in [3.05, 3.63) is 35.9 Å². The molecule has 0 atom stereocenters. The first-order valence-electron chi connectivity index (χ1n) is 8.23. The maximum absolute atomic E-state index is 5.88. The monoisotopic (exact) mass is 502 g/mol. The third kappa shape index (κ3) is 5.79. The Morgan fingerprint density at radius 2 is 1.29 bits per heavy atom. The molecule has 2 heterocycles. The zero-order valence-electron chi connectivity index (χ0n) is 14.6. The van der Waals surface area contributed by atoms with Gasteiger partial charge in [-0.05, 0) is 31.3 Å². The number of alkyl halides is 6. The Hall–Kier alpha value is -0.470. The van der Waals surface area contributed by atoms with E-state index in [9.17, 15) is 0 Å². The lowest BCUT2D eigenvalue weighted by Gasteiger charge is -2.34. The smallest absolute Gasteiger partial charge is 0.250 e. The summed E-state index contributed by atoms with van der Waals surface area (Å²) in [6.07, 6.45) is 0. The van der Waals surface area contributed by atoms with Crippen molar-refractivity contribution in [2.75, 3.05) is 43.4 Å². The molecule has 3 rings (SSSR count). The number of piperazine rings is 1. The van der Waals surface area contributed by atoms with Crippen LogP contribution in [-0.2, 0) is 7.59 Å². The maximum atomic E-state index is 5.88. The normalized spacial score (nSPS) is 16.3. The highest BCUT2D eigenvalue weighted by atomic mass is 35.6. The molecule has 1 aliphatic heterocycles. The maximum Gasteiger partial charge on any atom is 0.250 e. The number of halogens is 6. The van der Waals surface area contributed by atoms with E-state index in [0.717, 1.165) is 37.6 Å². The van der Waals surface area contributed by atoms with E-state index in [1.807, 2.05) is 24.3 Å². The molecule has 1 N–H and O–H groups in total. The quantitative estimate of drug-likeness (QED) is 0.592. The number of hydrogen-bond donors (Lipinski definition) is 1. The second-order valence-electron chi connectivity index (χ2n) is 6.26. The van der Waals surface area contributed by atoms with E-state index in [4.69, 9.17) is 69.6 Å². The van der Waals surface area contributed by atoms with Gasteiger partial charge in [0.25, 0.3) is 0 Å². The fourth-order valence-corrected chi connectivity index (χ4v) is 3.14. The third-order valence-electron chi connectivity index (χ3n) is 4.13. The van der Waals surface area contributed by atoms with Gasteiger partial charge in [0.1, 0.15) is 0 Å². The van der Waals surface area contributed by atoms with Crippen molar-refractivity contribution < 1.29 is 0 Å². The number of nitrogens with zero attached hydrogens (tertiary/aromatic N) is 5. The summed E-state index contributed by atoms with van der Waals surface area (Å²) in [6.45, 7) is 4.03. The van der Waals surface area contributed by atoms with E-state index in [0.29, 0.717) is 0 Å². The van der Waals surface area contributed by atoms with Crippen molar-refractivity contribution in [3.63, 3.8) is 0 Å². The van der Waals surface area contributed by atoms with Gasteiger partial charge in [0.05, 0.1) is 0 Å². The summed E-state index contributed by atoms with van der Waals surface area (Å²) in [5, 5.41) is 3.03. The minimum atomic E-state index is -1.89. The summed E-state index contributed by atoms with van der Waals surface area (Å²) in [5.41, 5.74) is 1.87. The number of aromatic nitrogens is 3. The summed E-state index contributed by atoms with van der Waals surface area (Å²) >= 11 is 35.3. The van der Waals surface area contributed by atoms with Crippen LogP contribution in [0.3, 0.4) is 0 Å². The van der Waals surface area contributed by atoms with Crippen LogP contribution in [0, 0.1) is 0 Å². The minimum Gasteiger partial charge on any atom is -0.369 e. The molecule has 1 fully saturated rings. The van der Waals surface area contributed by atoms with E-state index >= 15 is 0 Å². The molecule has 0 saturated carbocycles. The lowest BCUT2D eigenvalue weighted by molar-refractivity contribution is 0.313. The van der Waals surface area contributed by atoms with Crippen molar-refractivity contribution in [2.24, 2.45) is 0 Å². The third-order valence-corrected chi connectivity index (χ3v) is 5.15. The van der Waals surface area contributed by atoms with Crippen molar-refractivity contribution >= 4 is 86.9 Å². The lowest BCUT2D eigenvalue weighted by atomic mass is 10.2. The predicted molar refractivity (Wildman–Crippen MR) is 118 cm³/mol. The van der Waals surface area contributed by atoms with Gasteiger partial charge in [-0.15, -0.1) is 0 Å². The summed E-state index contributed by atoms with van der Waals surface area (Å²) in [6, 6.07) is 7.84. The van der Waals surface area contributed by atoms with Crippen LogP contribution in [0.25, 0.3) is 0 Å². The molecule has 0 aliphatic carbocycles. The molecule has 6 nitrogen and oxygen atoms in total. The highest BCUT2D eigenvalue weighted by Crippen LogP contribution is 2.40. The van der Waals surface area contributed by atoms with Crippen LogP contribution in [0.15, 0.2) is 24.3 Å². The summed E-state index contributed by atoms with van der Waals surface area (Å²) in [7, 11) is 2.12. The van der Waals surface area contributed by atoms with Gasteiger partial charge >= 0.3 is 0 Å². The number of likely N-dealkylation sites (N-methyl/N-ethyl adjacent to an activating group) is 1. The van der Waals surface area contributed by atoms with Crippen LogP contribution in [0.4, 0.5) is 17.3 Å². The van der Waals surface area contributed by atoms with E-state index in [1.54, 1.807) is 0 Å². The van der Waals surface area contributed by atoms with Gasteiger partial charge < -0.3 is 15.1 Å². The van der Waals surface area contributed by atoms with Crippen LogP contribution in [0.1, 0.15) is 11.6 Å². The van der Waals surface area contributed by atoms with Crippen molar-refractivity contribution in [3.8, 4) is 0 Å². The number of benzene rings is 1. The Labute approximate surface area is 193 Å². The SMILES string of the molecule is CN1CCN(c2ccc(Nc3nc(C(Cl)(Cl)Cl)nc(C(Cl)(Cl)Cl)n3)cc2)CC1. The lowest BCUT2D eigenvalue weighted by Crippen LogP contribution is -2.44. The molecule has 0 radical (unpaired) electrons. The van der Waals surface area contributed by atoms with E-state index < -0.39 is 7.59 Å². The standard InChI is InChI=1S/C16H16Cl6N6/c1-27-6-8-28(9-7-27)11-4-2-10(3-5-11)23-14-25-12(15(17,18)19)24-13(26-14)16(20,21)22/h2-5H,6-9H2,1H3,(H,23,24,25,26). The molecule has 1 saturated heterocycles. The number of hydrogen-bond acceptors (Lipinski definition) is 6. The summed E-state index contributed by atoms with van der Waals surface area (Å²) in [4.78, 5) is 16.8. The fraction of sp³-hybridized carbons (Fsp3) is 0.438. The van der Waals surface area contributed by atoms with Gasteiger partial charge in [-0.25, -0.2) is 4.98 Å². The molecule has 1 aromatic carbocycles. The largest absolute Gasteiger partial charge is 0.369 e. The Balaban J connectivity index is 1.81. The van der Waals surface area contributed by atoms with E-state index in [2.05, 4.69) is 37.1 Å². The molecular weight excluding hydrogens is 489 g/mol. The molecule has 152 valence electrons. The molecule has 2 aromatic rings. The number of rotatable bonds is 3. The Morgan fingerprint density at radius 3 is 1.75 bits per heavy atom. The van der Waals surface area contributed by atoms with Gasteiger partial charge in [0, 0.05) is 37.6 Å². The van der Waals surface area contributed by atoms with Gasteiger partial charge in [-0.1, -0.05) is 69.6 Å². The molecule has 0 unspecified atom stereocenters. The molecule has 1 aromatic heterocycles. The molecule has 1 aliphatic rings.